The van der Waals surface area contributed by atoms with Gasteiger partial charge in [-0.25, -0.2) is 25.8 Å². The molecule has 4 rings (SSSR count). The minimum Gasteiger partial charge on any atom is -0.243 e. The lowest BCUT2D eigenvalue weighted by atomic mass is 10.1. The minimum absolute atomic E-state index is 0.0938. The first-order valence-corrected chi connectivity index (χ1v) is 13.1. The van der Waals surface area contributed by atoms with Crippen molar-refractivity contribution in [1.29, 1.82) is 0 Å². The molecule has 7 nitrogen and oxygen atoms in total. The van der Waals surface area contributed by atoms with Crippen molar-refractivity contribution in [1.82, 2.24) is 13.3 Å². The fraction of sp³-hybridized carbons (Fsp3) is 0.174. The molecule has 0 radical (unpaired) electrons. The quantitative estimate of drug-likeness (QED) is 0.409. The lowest BCUT2D eigenvalue weighted by Gasteiger charge is -2.19. The normalized spacial score (nSPS) is 12.5. The van der Waals surface area contributed by atoms with Crippen molar-refractivity contribution in [3.63, 3.8) is 0 Å². The van der Waals surface area contributed by atoms with Crippen LogP contribution in [0.1, 0.15) is 13.8 Å². The van der Waals surface area contributed by atoms with E-state index in [2.05, 4.69) is 4.98 Å². The van der Waals surface area contributed by atoms with E-state index < -0.39 is 20.0 Å². The molecule has 0 atom stereocenters. The third-order valence-electron chi connectivity index (χ3n) is 5.33. The van der Waals surface area contributed by atoms with E-state index in [-0.39, 0.29) is 9.92 Å². The fourth-order valence-electron chi connectivity index (χ4n) is 3.76. The van der Waals surface area contributed by atoms with Crippen LogP contribution in [0.15, 0.2) is 89.0 Å². The lowest BCUT2D eigenvalue weighted by Crippen LogP contribution is -2.31. The van der Waals surface area contributed by atoms with Gasteiger partial charge in [0.25, 0.3) is 20.0 Å². The van der Waals surface area contributed by atoms with Gasteiger partial charge < -0.3 is 0 Å². The van der Waals surface area contributed by atoms with Gasteiger partial charge in [-0.1, -0.05) is 50.2 Å². The standard InChI is InChI=1S/C23H23N3O4S2/c1-3-25(4-2)32(29,30)23-20(14-10-16-24-23)21-17-26(22-15-9-8-13-19(21)22)31(27,28)18-11-6-5-7-12-18/h5-17H,3-4H2,1-2H3. The topological polar surface area (TPSA) is 89.3 Å². The summed E-state index contributed by atoms with van der Waals surface area (Å²) >= 11 is 0. The lowest BCUT2D eigenvalue weighted by molar-refractivity contribution is 0.443. The monoisotopic (exact) mass is 469 g/mol. The van der Waals surface area contributed by atoms with Crippen molar-refractivity contribution in [2.75, 3.05) is 13.1 Å². The molecule has 0 aliphatic carbocycles. The Balaban J connectivity index is 2.01. The van der Waals surface area contributed by atoms with E-state index in [4.69, 9.17) is 0 Å². The summed E-state index contributed by atoms with van der Waals surface area (Å²) in [6.07, 6.45) is 2.91. The van der Waals surface area contributed by atoms with Crippen molar-refractivity contribution >= 4 is 30.9 Å². The second-order valence-corrected chi connectivity index (χ2v) is 10.8. The maximum atomic E-state index is 13.4. The smallest absolute Gasteiger partial charge is 0.243 e. The third kappa shape index (κ3) is 3.62. The zero-order valence-corrected chi connectivity index (χ0v) is 19.3. The maximum Gasteiger partial charge on any atom is 0.268 e. The first kappa shape index (κ1) is 22.2. The van der Waals surface area contributed by atoms with E-state index >= 15 is 0 Å². The summed E-state index contributed by atoms with van der Waals surface area (Å²) in [7, 11) is -7.75. The Morgan fingerprint density at radius 1 is 0.812 bits per heavy atom. The van der Waals surface area contributed by atoms with Gasteiger partial charge in [0.15, 0.2) is 5.03 Å². The number of para-hydroxylation sites is 1. The van der Waals surface area contributed by atoms with Crippen LogP contribution < -0.4 is 0 Å². The van der Waals surface area contributed by atoms with E-state index in [1.54, 1.807) is 68.4 Å². The number of fused-ring (bicyclic) bond motifs is 1. The Morgan fingerprint density at radius 2 is 1.47 bits per heavy atom. The van der Waals surface area contributed by atoms with E-state index in [0.29, 0.717) is 35.1 Å². The van der Waals surface area contributed by atoms with E-state index in [9.17, 15) is 16.8 Å². The average molecular weight is 470 g/mol. The van der Waals surface area contributed by atoms with Crippen molar-refractivity contribution in [2.45, 2.75) is 23.8 Å². The molecular formula is C23H23N3O4S2. The summed E-state index contributed by atoms with van der Waals surface area (Å²) in [6.45, 7) is 4.14. The summed E-state index contributed by atoms with van der Waals surface area (Å²) in [4.78, 5) is 4.34. The molecule has 0 saturated carbocycles. The Morgan fingerprint density at radius 3 is 2.16 bits per heavy atom. The van der Waals surface area contributed by atoms with Gasteiger partial charge in [-0.15, -0.1) is 0 Å². The Hall–Kier alpha value is -3.01. The Kier molecular flexibility index (Phi) is 5.89. The molecule has 0 bridgehead atoms. The molecule has 166 valence electrons. The molecule has 0 aliphatic heterocycles. The molecule has 0 fully saturated rings. The molecule has 32 heavy (non-hydrogen) atoms. The van der Waals surface area contributed by atoms with Crippen molar-refractivity contribution in [3.05, 3.63) is 79.1 Å². The molecule has 0 N–H and O–H groups in total. The summed E-state index contributed by atoms with van der Waals surface area (Å²) in [5, 5.41) is 0.528. The van der Waals surface area contributed by atoms with Crippen LogP contribution in [-0.4, -0.2) is 43.2 Å². The zero-order valence-electron chi connectivity index (χ0n) is 17.7. The van der Waals surface area contributed by atoms with Gasteiger partial charge in [0.2, 0.25) is 0 Å². The second kappa shape index (κ2) is 8.50. The van der Waals surface area contributed by atoms with Gasteiger partial charge in [-0.3, -0.25) is 0 Å². The predicted molar refractivity (Wildman–Crippen MR) is 124 cm³/mol. The van der Waals surface area contributed by atoms with Crippen LogP contribution in [-0.2, 0) is 20.0 Å². The number of rotatable bonds is 7. The first-order chi connectivity index (χ1) is 15.3. The summed E-state index contributed by atoms with van der Waals surface area (Å²) in [5.41, 5.74) is 1.30. The molecule has 0 amide bonds. The van der Waals surface area contributed by atoms with Crippen LogP contribution >= 0.6 is 0 Å². The van der Waals surface area contributed by atoms with Gasteiger partial charge in [0.1, 0.15) is 0 Å². The number of pyridine rings is 1. The molecule has 0 aliphatic rings. The predicted octanol–water partition coefficient (Wildman–Crippen LogP) is 3.97. The second-order valence-electron chi connectivity index (χ2n) is 7.12. The Labute approximate surface area is 188 Å². The van der Waals surface area contributed by atoms with Crippen LogP contribution in [0, 0.1) is 0 Å². The summed E-state index contributed by atoms with van der Waals surface area (Å²) in [5.74, 6) is 0. The molecule has 4 aromatic rings. The van der Waals surface area contributed by atoms with Crippen molar-refractivity contribution in [2.24, 2.45) is 0 Å². The molecule has 9 heteroatoms. The number of hydrogen-bond acceptors (Lipinski definition) is 5. The van der Waals surface area contributed by atoms with Gasteiger partial charge in [0.05, 0.1) is 10.4 Å². The zero-order chi connectivity index (χ0) is 22.9. The van der Waals surface area contributed by atoms with Crippen molar-refractivity contribution in [3.8, 4) is 11.1 Å². The highest BCUT2D eigenvalue weighted by Crippen LogP contribution is 2.36. The Bertz CT molecular complexity index is 1470. The molecule has 2 heterocycles. The average Bonchev–Trinajstić information content (AvgIpc) is 3.21. The van der Waals surface area contributed by atoms with E-state index in [1.807, 2.05) is 0 Å². The van der Waals surface area contributed by atoms with Crippen molar-refractivity contribution < 1.29 is 16.8 Å². The highest BCUT2D eigenvalue weighted by molar-refractivity contribution is 7.90. The van der Waals surface area contributed by atoms with Crippen LogP contribution in [0.5, 0.6) is 0 Å². The molecular weight excluding hydrogens is 446 g/mol. The third-order valence-corrected chi connectivity index (χ3v) is 9.03. The molecule has 2 aromatic heterocycles. The number of aromatic nitrogens is 2. The number of sulfonamides is 1. The van der Waals surface area contributed by atoms with Gasteiger partial charge in [-0.05, 0) is 30.3 Å². The highest BCUT2D eigenvalue weighted by Gasteiger charge is 2.29. The molecule has 0 saturated heterocycles. The van der Waals surface area contributed by atoms with Crippen LogP contribution in [0.4, 0.5) is 0 Å². The van der Waals surface area contributed by atoms with Crippen LogP contribution in [0.3, 0.4) is 0 Å². The van der Waals surface area contributed by atoms with E-state index in [0.717, 1.165) is 0 Å². The fourth-order valence-corrected chi connectivity index (χ4v) is 6.72. The van der Waals surface area contributed by atoms with Gasteiger partial charge in [0, 0.05) is 42.0 Å². The molecule has 0 unspecified atom stereocenters. The number of benzene rings is 2. The minimum atomic E-state index is -3.89. The maximum absolute atomic E-state index is 13.4. The molecule has 2 aromatic carbocycles. The summed E-state index contributed by atoms with van der Waals surface area (Å²) < 4.78 is 55.9. The van der Waals surface area contributed by atoms with Crippen LogP contribution in [0.25, 0.3) is 22.0 Å². The summed E-state index contributed by atoms with van der Waals surface area (Å²) in [6, 6.07) is 18.5. The van der Waals surface area contributed by atoms with Gasteiger partial charge >= 0.3 is 0 Å². The highest BCUT2D eigenvalue weighted by atomic mass is 32.2. The van der Waals surface area contributed by atoms with E-state index in [1.165, 1.54) is 32.8 Å². The van der Waals surface area contributed by atoms with Crippen LogP contribution in [0.2, 0.25) is 0 Å². The largest absolute Gasteiger partial charge is 0.268 e. The first-order valence-electron chi connectivity index (χ1n) is 10.2. The number of nitrogens with zero attached hydrogens (tertiary/aromatic N) is 3. The number of hydrogen-bond donors (Lipinski definition) is 0. The molecule has 0 spiro atoms. The van der Waals surface area contributed by atoms with Gasteiger partial charge in [-0.2, -0.15) is 4.31 Å². The SMILES string of the molecule is CCN(CC)S(=O)(=O)c1ncccc1-c1cn(S(=O)(=O)c2ccccc2)c2ccccc12.